The Balaban J connectivity index is 3.31. The average Bonchev–Trinajstić information content (AvgIpc) is 2.16. The number of rotatable bonds is 3. The number of halogens is 4. The number of aliphatic hydroxyl groups is 1. The summed E-state index contributed by atoms with van der Waals surface area (Å²) in [4.78, 5) is 3.71. The van der Waals surface area contributed by atoms with Crippen LogP contribution in [0.1, 0.15) is 23.2 Å². The van der Waals surface area contributed by atoms with Gasteiger partial charge in [0, 0.05) is 17.6 Å². The fourth-order valence-electron chi connectivity index (χ4n) is 1.03. The van der Waals surface area contributed by atoms with E-state index in [-0.39, 0.29) is 27.7 Å². The Kier molecular flexibility index (Phi) is 4.04. The van der Waals surface area contributed by atoms with E-state index in [0.29, 0.717) is 0 Å². The van der Waals surface area contributed by atoms with E-state index in [4.69, 9.17) is 28.3 Å². The minimum atomic E-state index is -2.72. The van der Waals surface area contributed by atoms with Gasteiger partial charge in [0.25, 0.3) is 6.43 Å². The van der Waals surface area contributed by atoms with Gasteiger partial charge in [0.05, 0.1) is 17.3 Å². The third-order valence-electron chi connectivity index (χ3n) is 1.72. The molecule has 0 amide bonds. The number of nitrogens with zero attached hydrogens (tertiary/aromatic N) is 1. The van der Waals surface area contributed by atoms with Crippen molar-refractivity contribution in [2.45, 2.75) is 18.9 Å². The maximum atomic E-state index is 12.5. The molecule has 0 aromatic carbocycles. The molecule has 0 fully saturated rings. The first kappa shape index (κ1) is 11.6. The topological polar surface area (TPSA) is 33.1 Å². The lowest BCUT2D eigenvalue weighted by molar-refractivity contribution is 0.150. The summed E-state index contributed by atoms with van der Waals surface area (Å²) >= 11 is 11.1. The Morgan fingerprint density at radius 2 is 2.14 bits per heavy atom. The van der Waals surface area contributed by atoms with E-state index in [1.807, 2.05) is 0 Å². The number of aromatic nitrogens is 1. The molecule has 1 N–H and O–H groups in total. The summed E-state index contributed by atoms with van der Waals surface area (Å²) in [7, 11) is 0. The second-order valence-corrected chi connectivity index (χ2v) is 3.20. The van der Waals surface area contributed by atoms with Gasteiger partial charge in [-0.05, 0) is 5.56 Å². The molecular formula is C8H7Cl2F2NO. The van der Waals surface area contributed by atoms with Crippen LogP contribution in [0.2, 0.25) is 5.02 Å². The molecule has 1 heterocycles. The molecule has 0 radical (unpaired) electrons. The monoisotopic (exact) mass is 241 g/mol. The van der Waals surface area contributed by atoms with Crippen molar-refractivity contribution >= 4 is 23.2 Å². The van der Waals surface area contributed by atoms with E-state index in [1.165, 1.54) is 6.20 Å². The second kappa shape index (κ2) is 4.87. The number of hydrogen-bond acceptors (Lipinski definition) is 2. The molecule has 78 valence electrons. The largest absolute Gasteiger partial charge is 0.390 e. The van der Waals surface area contributed by atoms with Crippen LogP contribution in [0.3, 0.4) is 0 Å². The number of pyridine rings is 1. The van der Waals surface area contributed by atoms with E-state index in [1.54, 1.807) is 0 Å². The van der Waals surface area contributed by atoms with Gasteiger partial charge in [-0.15, -0.1) is 11.6 Å². The maximum absolute atomic E-state index is 12.5. The smallest absolute Gasteiger partial charge is 0.265 e. The Morgan fingerprint density at radius 3 is 2.57 bits per heavy atom. The van der Waals surface area contributed by atoms with E-state index in [9.17, 15) is 8.78 Å². The van der Waals surface area contributed by atoms with Crippen LogP contribution in [0.5, 0.6) is 0 Å². The Bertz CT molecular complexity index is 333. The lowest BCUT2D eigenvalue weighted by Gasteiger charge is -2.10. The molecule has 0 unspecified atom stereocenters. The summed E-state index contributed by atoms with van der Waals surface area (Å²) in [6.07, 6.45) is -1.52. The zero-order valence-electron chi connectivity index (χ0n) is 6.98. The van der Waals surface area contributed by atoms with Gasteiger partial charge in [0.15, 0.2) is 0 Å². The van der Waals surface area contributed by atoms with E-state index >= 15 is 0 Å². The highest BCUT2D eigenvalue weighted by Crippen LogP contribution is 2.32. The fourth-order valence-corrected chi connectivity index (χ4v) is 1.56. The SMILES string of the molecule is OCc1ncc(CCl)c(C(F)F)c1Cl. The van der Waals surface area contributed by atoms with Crippen LogP contribution < -0.4 is 0 Å². The Hall–Kier alpha value is -0.450. The number of aliphatic hydroxyl groups excluding tert-OH is 1. The predicted molar refractivity (Wildman–Crippen MR) is 49.7 cm³/mol. The molecule has 0 aliphatic carbocycles. The summed E-state index contributed by atoms with van der Waals surface area (Å²) in [6, 6.07) is 0. The second-order valence-electron chi connectivity index (χ2n) is 2.55. The van der Waals surface area contributed by atoms with Crippen LogP contribution in [0.15, 0.2) is 6.20 Å². The molecule has 0 saturated carbocycles. The van der Waals surface area contributed by atoms with Crippen LogP contribution in [0, 0.1) is 0 Å². The third kappa shape index (κ3) is 2.13. The van der Waals surface area contributed by atoms with E-state index < -0.39 is 13.0 Å². The highest BCUT2D eigenvalue weighted by molar-refractivity contribution is 6.32. The summed E-state index contributed by atoms with van der Waals surface area (Å²) in [5.41, 5.74) is -0.125. The summed E-state index contributed by atoms with van der Waals surface area (Å²) in [5, 5.41) is 8.56. The molecule has 0 bridgehead atoms. The average molecular weight is 242 g/mol. The van der Waals surface area contributed by atoms with Gasteiger partial charge < -0.3 is 5.11 Å². The molecule has 1 aromatic heterocycles. The first-order chi connectivity index (χ1) is 6.61. The molecule has 2 nitrogen and oxygen atoms in total. The van der Waals surface area contributed by atoms with Crippen molar-refractivity contribution in [1.82, 2.24) is 4.98 Å². The van der Waals surface area contributed by atoms with E-state index in [0.717, 1.165) is 0 Å². The van der Waals surface area contributed by atoms with Crippen molar-refractivity contribution in [2.75, 3.05) is 0 Å². The highest BCUT2D eigenvalue weighted by Gasteiger charge is 2.19. The number of alkyl halides is 3. The first-order valence-corrected chi connectivity index (χ1v) is 4.64. The molecule has 0 aliphatic heterocycles. The molecule has 14 heavy (non-hydrogen) atoms. The Labute approximate surface area is 89.5 Å². The highest BCUT2D eigenvalue weighted by atomic mass is 35.5. The van der Waals surface area contributed by atoms with Crippen molar-refractivity contribution < 1.29 is 13.9 Å². The fraction of sp³-hybridized carbons (Fsp3) is 0.375. The van der Waals surface area contributed by atoms with Crippen molar-refractivity contribution in [3.05, 3.63) is 28.0 Å². The zero-order chi connectivity index (χ0) is 10.7. The van der Waals surface area contributed by atoms with Crippen molar-refractivity contribution in [2.24, 2.45) is 0 Å². The molecule has 1 aromatic rings. The molecule has 0 saturated heterocycles. The lowest BCUT2D eigenvalue weighted by atomic mass is 10.1. The van der Waals surface area contributed by atoms with Crippen LogP contribution in [-0.2, 0) is 12.5 Å². The van der Waals surface area contributed by atoms with Gasteiger partial charge in [0.2, 0.25) is 0 Å². The molecule has 1 rings (SSSR count). The van der Waals surface area contributed by atoms with E-state index in [2.05, 4.69) is 4.98 Å². The summed E-state index contributed by atoms with van der Waals surface area (Å²) in [5.74, 6) is -0.0852. The van der Waals surface area contributed by atoms with Crippen LogP contribution >= 0.6 is 23.2 Å². The Morgan fingerprint density at radius 1 is 1.50 bits per heavy atom. The quantitative estimate of drug-likeness (QED) is 0.826. The molecule has 6 heteroatoms. The van der Waals surface area contributed by atoms with Crippen molar-refractivity contribution in [3.8, 4) is 0 Å². The van der Waals surface area contributed by atoms with Crippen molar-refractivity contribution in [1.29, 1.82) is 0 Å². The van der Waals surface area contributed by atoms with Crippen LogP contribution in [0.4, 0.5) is 8.78 Å². The maximum Gasteiger partial charge on any atom is 0.265 e. The lowest BCUT2D eigenvalue weighted by Crippen LogP contribution is -2.01. The summed E-state index contributed by atoms with van der Waals surface area (Å²) in [6.45, 7) is -0.471. The first-order valence-electron chi connectivity index (χ1n) is 3.73. The van der Waals surface area contributed by atoms with Gasteiger partial charge in [-0.2, -0.15) is 0 Å². The van der Waals surface area contributed by atoms with Crippen LogP contribution in [0.25, 0.3) is 0 Å². The third-order valence-corrected chi connectivity index (χ3v) is 2.43. The standard InChI is InChI=1S/C8H7Cl2F2NO/c9-1-4-2-13-5(3-14)7(10)6(4)8(11)12/h2,8,14H,1,3H2. The predicted octanol–water partition coefficient (Wildman–Crippen LogP) is 2.90. The minimum absolute atomic E-state index is 0.0378. The molecular weight excluding hydrogens is 235 g/mol. The molecule has 0 atom stereocenters. The minimum Gasteiger partial charge on any atom is -0.390 e. The van der Waals surface area contributed by atoms with Crippen molar-refractivity contribution in [3.63, 3.8) is 0 Å². The van der Waals surface area contributed by atoms with Gasteiger partial charge in [0.1, 0.15) is 0 Å². The van der Waals surface area contributed by atoms with Gasteiger partial charge in [-0.1, -0.05) is 11.6 Å². The van der Waals surface area contributed by atoms with Gasteiger partial charge in [-0.3, -0.25) is 4.98 Å². The normalized spacial score (nSPS) is 11.0. The molecule has 0 aliphatic rings. The van der Waals surface area contributed by atoms with Crippen LogP contribution in [-0.4, -0.2) is 10.1 Å². The van der Waals surface area contributed by atoms with Gasteiger partial charge in [-0.25, -0.2) is 8.78 Å². The van der Waals surface area contributed by atoms with Gasteiger partial charge >= 0.3 is 0 Å². The number of hydrogen-bond donors (Lipinski definition) is 1. The zero-order valence-corrected chi connectivity index (χ0v) is 8.49. The summed E-state index contributed by atoms with van der Waals surface area (Å²) < 4.78 is 25.1. The molecule has 0 spiro atoms.